The summed E-state index contributed by atoms with van der Waals surface area (Å²) in [6.07, 6.45) is 4.69. The zero-order valence-corrected chi connectivity index (χ0v) is 16.5. The van der Waals surface area contributed by atoms with E-state index in [0.29, 0.717) is 0 Å². The number of hydrogen-bond donors (Lipinski definition) is 1. The molecule has 4 rings (SSSR count). The van der Waals surface area contributed by atoms with Gasteiger partial charge in [0.05, 0.1) is 11.6 Å². The van der Waals surface area contributed by atoms with Gasteiger partial charge in [-0.3, -0.25) is 4.79 Å². The molecule has 0 aliphatic heterocycles. The van der Waals surface area contributed by atoms with E-state index in [-0.39, 0.29) is 17.2 Å². The molecule has 3 nitrogen and oxygen atoms in total. The molecule has 144 valence electrons. The smallest absolute Gasteiger partial charge is 0.244 e. The third-order valence-electron chi connectivity index (χ3n) is 5.51. The van der Waals surface area contributed by atoms with Gasteiger partial charge in [0.15, 0.2) is 0 Å². The first-order valence-electron chi connectivity index (χ1n) is 9.88. The topological polar surface area (TPSA) is 41.5 Å². The molecule has 3 aromatic carbocycles. The summed E-state index contributed by atoms with van der Waals surface area (Å²) in [6, 6.07) is 30.6. The lowest BCUT2D eigenvalue weighted by molar-refractivity contribution is -0.122. The minimum absolute atomic E-state index is 0.0369. The summed E-state index contributed by atoms with van der Waals surface area (Å²) in [5, 5.41) is 4.28. The van der Waals surface area contributed by atoms with Crippen molar-refractivity contribution in [3.05, 3.63) is 114 Å². The average molecular weight is 380 g/mol. The molecule has 1 saturated carbocycles. The highest BCUT2D eigenvalue weighted by Crippen LogP contribution is 2.58. The number of benzene rings is 3. The van der Waals surface area contributed by atoms with Gasteiger partial charge in [0.2, 0.25) is 5.91 Å². The van der Waals surface area contributed by atoms with E-state index in [2.05, 4.69) is 34.8 Å². The lowest BCUT2D eigenvalue weighted by Gasteiger charge is -2.18. The number of hydrazone groups is 1. The summed E-state index contributed by atoms with van der Waals surface area (Å²) in [7, 11) is 0. The number of rotatable bonds is 6. The number of carbonyl (C=O) groups excluding carboxylic acids is 1. The van der Waals surface area contributed by atoms with Crippen molar-refractivity contribution in [3.8, 4) is 0 Å². The molecule has 29 heavy (non-hydrogen) atoms. The molecule has 0 heterocycles. The van der Waals surface area contributed by atoms with Gasteiger partial charge in [-0.1, -0.05) is 97.1 Å². The summed E-state index contributed by atoms with van der Waals surface area (Å²) in [5.41, 5.74) is 6.72. The van der Waals surface area contributed by atoms with E-state index < -0.39 is 0 Å². The van der Waals surface area contributed by atoms with Crippen LogP contribution in [0.3, 0.4) is 0 Å². The van der Waals surface area contributed by atoms with E-state index in [0.717, 1.165) is 17.7 Å². The minimum Gasteiger partial charge on any atom is -0.273 e. The Labute approximate surface area is 171 Å². The predicted octanol–water partition coefficient (Wildman–Crippen LogP) is 5.20. The van der Waals surface area contributed by atoms with Crippen LogP contribution in [0.2, 0.25) is 0 Å². The van der Waals surface area contributed by atoms with Crippen molar-refractivity contribution < 1.29 is 4.79 Å². The molecule has 1 aliphatic carbocycles. The van der Waals surface area contributed by atoms with Crippen LogP contribution in [0.25, 0.3) is 6.08 Å². The van der Waals surface area contributed by atoms with Crippen molar-refractivity contribution >= 4 is 17.7 Å². The zero-order valence-electron chi connectivity index (χ0n) is 16.5. The van der Waals surface area contributed by atoms with Crippen molar-refractivity contribution in [3.63, 3.8) is 0 Å². The maximum absolute atomic E-state index is 12.9. The Morgan fingerprint density at radius 3 is 1.97 bits per heavy atom. The van der Waals surface area contributed by atoms with Crippen LogP contribution in [0.15, 0.2) is 102 Å². The monoisotopic (exact) mass is 380 g/mol. The molecule has 3 heteroatoms. The summed E-state index contributed by atoms with van der Waals surface area (Å²) in [5.74, 6) is -0.160. The second-order valence-electron chi connectivity index (χ2n) is 7.43. The second kappa shape index (κ2) is 8.27. The maximum atomic E-state index is 12.9. The van der Waals surface area contributed by atoms with Gasteiger partial charge in [-0.05, 0) is 36.1 Å². The highest BCUT2D eigenvalue weighted by atomic mass is 16.2. The minimum atomic E-state index is -0.268. The van der Waals surface area contributed by atoms with Crippen molar-refractivity contribution in [1.82, 2.24) is 5.43 Å². The Hall–Kier alpha value is -3.46. The fourth-order valence-electron chi connectivity index (χ4n) is 3.89. The number of hydrogen-bond acceptors (Lipinski definition) is 2. The largest absolute Gasteiger partial charge is 0.273 e. The normalized spacial score (nSPS) is 17.8. The first kappa shape index (κ1) is 18.9. The Kier molecular flexibility index (Phi) is 5.39. The fraction of sp³-hybridized carbons (Fsp3) is 0.154. The zero-order chi connectivity index (χ0) is 20.1. The summed E-state index contributed by atoms with van der Waals surface area (Å²) in [6.45, 7) is 1.88. The number of amides is 1. The molecule has 1 amide bonds. The highest BCUT2D eigenvalue weighted by Gasteiger charge is 2.60. The Morgan fingerprint density at radius 2 is 1.41 bits per heavy atom. The fourth-order valence-corrected chi connectivity index (χ4v) is 3.89. The molecule has 0 bridgehead atoms. The van der Waals surface area contributed by atoms with Gasteiger partial charge >= 0.3 is 0 Å². The second-order valence-corrected chi connectivity index (χ2v) is 7.43. The van der Waals surface area contributed by atoms with Crippen LogP contribution < -0.4 is 5.43 Å². The molecule has 0 spiro atoms. The van der Waals surface area contributed by atoms with Gasteiger partial charge in [0, 0.05) is 5.41 Å². The lowest BCUT2D eigenvalue weighted by Crippen LogP contribution is -2.26. The quantitative estimate of drug-likeness (QED) is 0.464. The number of nitrogens with one attached hydrogen (secondary N) is 1. The molecular formula is C26H24N2O. The molecule has 3 aromatic rings. The van der Waals surface area contributed by atoms with Gasteiger partial charge in [0.25, 0.3) is 0 Å². The highest BCUT2D eigenvalue weighted by molar-refractivity contribution is 5.97. The molecule has 0 saturated heterocycles. The predicted molar refractivity (Wildman–Crippen MR) is 118 cm³/mol. The van der Waals surface area contributed by atoms with E-state index in [1.165, 1.54) is 11.1 Å². The van der Waals surface area contributed by atoms with Crippen molar-refractivity contribution in [2.24, 2.45) is 11.0 Å². The van der Waals surface area contributed by atoms with Crippen LogP contribution in [-0.4, -0.2) is 11.6 Å². The summed E-state index contributed by atoms with van der Waals surface area (Å²) < 4.78 is 0. The Morgan fingerprint density at radius 1 is 0.897 bits per heavy atom. The first-order valence-corrected chi connectivity index (χ1v) is 9.88. The van der Waals surface area contributed by atoms with Gasteiger partial charge in [-0.25, -0.2) is 5.43 Å². The molecule has 0 radical (unpaired) electrons. The number of allylic oxidation sites excluding steroid dienone is 1. The molecule has 1 aliphatic rings. The Bertz CT molecular complexity index is 985. The lowest BCUT2D eigenvalue weighted by atomic mass is 9.85. The molecule has 0 aromatic heterocycles. The van der Waals surface area contributed by atoms with E-state index >= 15 is 0 Å². The van der Waals surface area contributed by atoms with Crippen LogP contribution in [0.5, 0.6) is 0 Å². The number of nitrogens with zero attached hydrogens (tertiary/aromatic N) is 1. The van der Waals surface area contributed by atoms with E-state index in [4.69, 9.17) is 0 Å². The van der Waals surface area contributed by atoms with E-state index in [9.17, 15) is 4.79 Å². The third kappa shape index (κ3) is 4.04. The maximum Gasteiger partial charge on any atom is 0.244 e. The number of carbonyl (C=O) groups is 1. The van der Waals surface area contributed by atoms with Gasteiger partial charge in [-0.15, -0.1) is 0 Å². The standard InChI is InChI=1S/C26H24N2O/c1-20(17-18-21-11-5-2-6-12-21)27-28-25(29)24-19-26(24,22-13-7-3-8-14-22)23-15-9-4-10-16-23/h2-18,24H,19H2,1H3,(H,28,29). The van der Waals surface area contributed by atoms with Crippen LogP contribution in [0.4, 0.5) is 0 Å². The van der Waals surface area contributed by atoms with Crippen molar-refractivity contribution in [1.29, 1.82) is 0 Å². The molecule has 1 fully saturated rings. The Balaban J connectivity index is 1.49. The van der Waals surface area contributed by atoms with Gasteiger partial charge in [-0.2, -0.15) is 5.10 Å². The SMILES string of the molecule is CC(C=Cc1ccccc1)=NNC(=O)C1CC1(c1ccccc1)c1ccccc1. The van der Waals surface area contributed by atoms with Crippen molar-refractivity contribution in [2.75, 3.05) is 0 Å². The van der Waals surface area contributed by atoms with Crippen LogP contribution in [0, 0.1) is 5.92 Å². The summed E-state index contributed by atoms with van der Waals surface area (Å²) >= 11 is 0. The van der Waals surface area contributed by atoms with Gasteiger partial charge < -0.3 is 0 Å². The molecule has 1 N–H and O–H groups in total. The van der Waals surface area contributed by atoms with Crippen LogP contribution in [0.1, 0.15) is 30.0 Å². The van der Waals surface area contributed by atoms with Crippen LogP contribution in [-0.2, 0) is 10.2 Å². The molecule has 1 atom stereocenters. The van der Waals surface area contributed by atoms with Crippen molar-refractivity contribution in [2.45, 2.75) is 18.8 Å². The first-order chi connectivity index (χ1) is 14.2. The molecular weight excluding hydrogens is 356 g/mol. The summed E-state index contributed by atoms with van der Waals surface area (Å²) in [4.78, 5) is 12.9. The average Bonchev–Trinajstić information content (AvgIpc) is 3.55. The van der Waals surface area contributed by atoms with Gasteiger partial charge in [0.1, 0.15) is 0 Å². The van der Waals surface area contributed by atoms with E-state index in [1.807, 2.05) is 85.8 Å². The van der Waals surface area contributed by atoms with E-state index in [1.54, 1.807) is 0 Å². The third-order valence-corrected chi connectivity index (χ3v) is 5.51. The van der Waals surface area contributed by atoms with Crippen LogP contribution >= 0.6 is 0 Å². The molecule has 1 unspecified atom stereocenters.